The highest BCUT2D eigenvalue weighted by Gasteiger charge is 2.13. The van der Waals surface area contributed by atoms with Gasteiger partial charge in [-0.3, -0.25) is 9.59 Å². The quantitative estimate of drug-likeness (QED) is 0.474. The molecular weight excluding hydrogens is 258 g/mol. The number of nitrogens with zero attached hydrogens (tertiary/aromatic N) is 1. The molecule has 0 aliphatic rings. The lowest BCUT2D eigenvalue weighted by atomic mass is 10.0. The van der Waals surface area contributed by atoms with E-state index < -0.39 is 0 Å². The second-order valence-corrected chi connectivity index (χ2v) is 3.78. The molecule has 0 N–H and O–H groups in total. The molecule has 96 valence electrons. The van der Waals surface area contributed by atoms with Gasteiger partial charge in [0.2, 0.25) is 0 Å². The van der Waals surface area contributed by atoms with Crippen LogP contribution < -0.4 is 0 Å². The molecule has 5 nitrogen and oxygen atoms in total. The molecule has 0 atom stereocenters. The third-order valence-electron chi connectivity index (χ3n) is 2.13. The van der Waals surface area contributed by atoms with E-state index in [1.54, 1.807) is 19.9 Å². The molecule has 0 aliphatic heterocycles. The van der Waals surface area contributed by atoms with E-state index in [0.29, 0.717) is 17.1 Å². The molecule has 0 bridgehead atoms. The molecule has 1 aromatic rings. The van der Waals surface area contributed by atoms with Gasteiger partial charge in [0, 0.05) is 18.2 Å². The number of aryl methyl sites for hydroxylation is 1. The molecule has 0 unspecified atom stereocenters. The third-order valence-corrected chi connectivity index (χ3v) is 2.34. The summed E-state index contributed by atoms with van der Waals surface area (Å²) in [4.78, 5) is 42.8. The van der Waals surface area contributed by atoms with Gasteiger partial charge >= 0.3 is 6.15 Å². The van der Waals surface area contributed by atoms with Crippen molar-refractivity contribution in [3.63, 3.8) is 0 Å². The highest BCUT2D eigenvalue weighted by Crippen LogP contribution is 2.14. The predicted octanol–water partition coefficient (Wildman–Crippen LogP) is 2.01. The van der Waals surface area contributed by atoms with E-state index in [4.69, 9.17) is 21.2 Å². The SMILES string of the molecule is CCC(=O)CC(=O)c1cnc(Cl)cc1C.O=C=O. The zero-order valence-corrected chi connectivity index (χ0v) is 10.8. The van der Waals surface area contributed by atoms with Crippen LogP contribution in [0.1, 0.15) is 35.7 Å². The first kappa shape index (κ1) is 16.2. The van der Waals surface area contributed by atoms with Crippen molar-refractivity contribution < 1.29 is 19.2 Å². The number of carbonyl (C=O) groups excluding carboxylic acids is 4. The lowest BCUT2D eigenvalue weighted by Gasteiger charge is -2.03. The topological polar surface area (TPSA) is 81.2 Å². The number of aromatic nitrogens is 1. The first-order chi connectivity index (χ1) is 8.46. The van der Waals surface area contributed by atoms with Crippen LogP contribution in [0.3, 0.4) is 0 Å². The molecule has 0 aliphatic carbocycles. The maximum atomic E-state index is 11.6. The van der Waals surface area contributed by atoms with Crippen LogP contribution in [0.4, 0.5) is 0 Å². The second kappa shape index (κ2) is 8.28. The highest BCUT2D eigenvalue weighted by molar-refractivity contribution is 6.29. The number of hydrogen-bond donors (Lipinski definition) is 0. The summed E-state index contributed by atoms with van der Waals surface area (Å²) in [5.74, 6) is -0.252. The largest absolute Gasteiger partial charge is 0.373 e. The van der Waals surface area contributed by atoms with Gasteiger partial charge in [0.25, 0.3) is 0 Å². The first-order valence-corrected chi connectivity index (χ1v) is 5.50. The van der Waals surface area contributed by atoms with Crippen molar-refractivity contribution in [2.45, 2.75) is 26.7 Å². The molecule has 0 spiro atoms. The van der Waals surface area contributed by atoms with Crippen molar-refractivity contribution in [3.05, 3.63) is 28.5 Å². The maximum absolute atomic E-state index is 11.6. The predicted molar refractivity (Wildman–Crippen MR) is 63.2 cm³/mol. The van der Waals surface area contributed by atoms with Gasteiger partial charge in [0.1, 0.15) is 10.9 Å². The summed E-state index contributed by atoms with van der Waals surface area (Å²) in [5.41, 5.74) is 1.23. The van der Waals surface area contributed by atoms with Gasteiger partial charge in [-0.2, -0.15) is 9.59 Å². The van der Waals surface area contributed by atoms with Crippen LogP contribution in [0, 0.1) is 6.92 Å². The van der Waals surface area contributed by atoms with E-state index in [2.05, 4.69) is 4.98 Å². The van der Waals surface area contributed by atoms with Crippen LogP contribution in [-0.2, 0) is 14.4 Å². The van der Waals surface area contributed by atoms with Crippen molar-refractivity contribution in [1.29, 1.82) is 0 Å². The Kier molecular flexibility index (Phi) is 7.43. The lowest BCUT2D eigenvalue weighted by molar-refractivity contribution is -0.191. The molecule has 0 saturated heterocycles. The lowest BCUT2D eigenvalue weighted by Crippen LogP contribution is -2.09. The molecule has 1 aromatic heterocycles. The Bertz CT molecular complexity index is 479. The van der Waals surface area contributed by atoms with Crippen molar-refractivity contribution >= 4 is 29.3 Å². The summed E-state index contributed by atoms with van der Waals surface area (Å²) < 4.78 is 0. The van der Waals surface area contributed by atoms with Crippen LogP contribution in [0.15, 0.2) is 12.3 Å². The van der Waals surface area contributed by atoms with Gasteiger partial charge in [-0.25, -0.2) is 4.98 Å². The fourth-order valence-corrected chi connectivity index (χ4v) is 1.43. The molecule has 0 amide bonds. The van der Waals surface area contributed by atoms with Gasteiger partial charge in [-0.05, 0) is 18.6 Å². The van der Waals surface area contributed by atoms with Crippen LogP contribution in [-0.4, -0.2) is 22.7 Å². The number of carbonyl (C=O) groups is 2. The third kappa shape index (κ3) is 5.48. The molecule has 1 heterocycles. The van der Waals surface area contributed by atoms with E-state index in [9.17, 15) is 9.59 Å². The number of pyridine rings is 1. The van der Waals surface area contributed by atoms with Gasteiger partial charge in [0.05, 0.1) is 6.42 Å². The zero-order chi connectivity index (χ0) is 14.1. The number of ketones is 2. The van der Waals surface area contributed by atoms with Gasteiger partial charge in [-0.1, -0.05) is 18.5 Å². The number of halogens is 1. The summed E-state index contributed by atoms with van der Waals surface area (Å²) in [7, 11) is 0. The molecule has 6 heteroatoms. The minimum Gasteiger partial charge on any atom is -0.299 e. The Morgan fingerprint density at radius 3 is 2.39 bits per heavy atom. The summed E-state index contributed by atoms with van der Waals surface area (Å²) in [5, 5.41) is 0.353. The van der Waals surface area contributed by atoms with E-state index in [-0.39, 0.29) is 24.1 Å². The summed E-state index contributed by atoms with van der Waals surface area (Å²) in [6, 6.07) is 1.62. The summed E-state index contributed by atoms with van der Waals surface area (Å²) >= 11 is 5.67. The molecule has 1 rings (SSSR count). The highest BCUT2D eigenvalue weighted by atomic mass is 35.5. The number of Topliss-reactive ketones (excluding diaryl/α,β-unsaturated/α-hetero) is 2. The van der Waals surface area contributed by atoms with Gasteiger partial charge in [0.15, 0.2) is 5.78 Å². The van der Waals surface area contributed by atoms with Crippen molar-refractivity contribution in [2.75, 3.05) is 0 Å². The van der Waals surface area contributed by atoms with Crippen LogP contribution in [0.2, 0.25) is 5.15 Å². The van der Waals surface area contributed by atoms with Crippen molar-refractivity contribution in [2.24, 2.45) is 0 Å². The Morgan fingerprint density at radius 2 is 1.94 bits per heavy atom. The van der Waals surface area contributed by atoms with E-state index >= 15 is 0 Å². The summed E-state index contributed by atoms with van der Waals surface area (Å²) in [6.45, 7) is 3.51. The molecule has 0 radical (unpaired) electrons. The second-order valence-electron chi connectivity index (χ2n) is 3.40. The Balaban J connectivity index is 0.000000873. The summed E-state index contributed by atoms with van der Waals surface area (Å²) in [6.07, 6.45) is 2.00. The molecule has 0 saturated carbocycles. The van der Waals surface area contributed by atoms with Crippen LogP contribution in [0.25, 0.3) is 0 Å². The van der Waals surface area contributed by atoms with Crippen LogP contribution >= 0.6 is 11.6 Å². The monoisotopic (exact) mass is 269 g/mol. The van der Waals surface area contributed by atoms with Crippen LogP contribution in [0.5, 0.6) is 0 Å². The first-order valence-electron chi connectivity index (χ1n) is 5.12. The normalized spacial score (nSPS) is 8.83. The number of hydrogen-bond acceptors (Lipinski definition) is 5. The van der Waals surface area contributed by atoms with E-state index in [0.717, 1.165) is 5.56 Å². The standard InChI is InChI=1S/C11H12ClNO2.CO2/c1-3-8(14)5-10(15)9-6-13-11(12)4-7(9)2;2-1-3/h4,6H,3,5H2,1-2H3;. The van der Waals surface area contributed by atoms with Gasteiger partial charge < -0.3 is 0 Å². The van der Waals surface area contributed by atoms with E-state index in [1.165, 1.54) is 6.20 Å². The Hall–Kier alpha value is -1.84. The average Bonchev–Trinajstić information content (AvgIpc) is 2.29. The fraction of sp³-hybridized carbons (Fsp3) is 0.333. The molecular formula is C12H12ClNO4. The average molecular weight is 270 g/mol. The molecule has 0 fully saturated rings. The fourth-order valence-electron chi connectivity index (χ4n) is 1.21. The van der Waals surface area contributed by atoms with Gasteiger partial charge in [-0.15, -0.1) is 0 Å². The minimum atomic E-state index is -0.191. The smallest absolute Gasteiger partial charge is 0.299 e. The number of rotatable bonds is 4. The zero-order valence-electron chi connectivity index (χ0n) is 10.0. The molecule has 18 heavy (non-hydrogen) atoms. The Labute approximate surface area is 109 Å². The molecule has 0 aromatic carbocycles. The Morgan fingerprint density at radius 1 is 1.39 bits per heavy atom. The van der Waals surface area contributed by atoms with Crippen molar-refractivity contribution in [3.8, 4) is 0 Å². The minimum absolute atomic E-state index is 0.0549. The van der Waals surface area contributed by atoms with E-state index in [1.807, 2.05) is 0 Å². The maximum Gasteiger partial charge on any atom is 0.373 e. The van der Waals surface area contributed by atoms with Crippen molar-refractivity contribution in [1.82, 2.24) is 4.98 Å².